The molecule has 2 fully saturated rings. The molecule has 2 aliphatic rings. The quantitative estimate of drug-likeness (QED) is 0.785. The smallest absolute Gasteiger partial charge is 0.320 e. The van der Waals surface area contributed by atoms with E-state index in [0.717, 1.165) is 19.4 Å². The number of likely N-dealkylation sites (N-methyl/N-ethyl adjacent to an activating group) is 1. The normalized spacial score (nSPS) is 24.4. The van der Waals surface area contributed by atoms with Crippen molar-refractivity contribution in [2.45, 2.75) is 18.9 Å². The number of hydrogen-bond donors (Lipinski definition) is 1. The summed E-state index contributed by atoms with van der Waals surface area (Å²) in [6.07, 6.45) is 1.70. The van der Waals surface area contributed by atoms with Crippen LogP contribution in [0.3, 0.4) is 0 Å². The second kappa shape index (κ2) is 6.90. The fourth-order valence-electron chi connectivity index (χ4n) is 2.72. The molecule has 20 heavy (non-hydrogen) atoms. The zero-order valence-corrected chi connectivity index (χ0v) is 12.0. The SMILES string of the molecule is CN(C(=O)N1CCCN(CC(=O)O)CC1)C1CCOC1. The van der Waals surface area contributed by atoms with E-state index in [1.165, 1.54) is 0 Å². The summed E-state index contributed by atoms with van der Waals surface area (Å²) in [7, 11) is 1.82. The number of rotatable bonds is 3. The Hall–Kier alpha value is -1.34. The summed E-state index contributed by atoms with van der Waals surface area (Å²) in [5, 5.41) is 8.82. The van der Waals surface area contributed by atoms with Crippen LogP contribution in [0.5, 0.6) is 0 Å². The average Bonchev–Trinajstić information content (AvgIpc) is 2.85. The van der Waals surface area contributed by atoms with Crippen LogP contribution < -0.4 is 0 Å². The van der Waals surface area contributed by atoms with Gasteiger partial charge in [-0.25, -0.2) is 4.79 Å². The van der Waals surface area contributed by atoms with Gasteiger partial charge in [0.2, 0.25) is 0 Å². The number of amides is 2. The molecular formula is C13H23N3O4. The van der Waals surface area contributed by atoms with Crippen molar-refractivity contribution in [2.75, 3.05) is 53.0 Å². The summed E-state index contributed by atoms with van der Waals surface area (Å²) in [5.41, 5.74) is 0. The first-order chi connectivity index (χ1) is 9.58. The van der Waals surface area contributed by atoms with Crippen LogP contribution in [0.4, 0.5) is 4.79 Å². The van der Waals surface area contributed by atoms with Gasteiger partial charge < -0.3 is 19.6 Å². The maximum atomic E-state index is 12.4. The van der Waals surface area contributed by atoms with Gasteiger partial charge in [-0.15, -0.1) is 0 Å². The molecule has 0 aromatic carbocycles. The Morgan fingerprint density at radius 1 is 1.30 bits per heavy atom. The van der Waals surface area contributed by atoms with Gasteiger partial charge in [0.15, 0.2) is 0 Å². The average molecular weight is 285 g/mol. The van der Waals surface area contributed by atoms with Crippen molar-refractivity contribution >= 4 is 12.0 Å². The van der Waals surface area contributed by atoms with E-state index >= 15 is 0 Å². The highest BCUT2D eigenvalue weighted by atomic mass is 16.5. The molecule has 1 atom stereocenters. The van der Waals surface area contributed by atoms with Gasteiger partial charge in [-0.2, -0.15) is 0 Å². The third-order valence-corrected chi connectivity index (χ3v) is 3.97. The van der Waals surface area contributed by atoms with Crippen molar-refractivity contribution < 1.29 is 19.4 Å². The van der Waals surface area contributed by atoms with E-state index in [9.17, 15) is 9.59 Å². The summed E-state index contributed by atoms with van der Waals surface area (Å²) in [4.78, 5) is 28.6. The van der Waals surface area contributed by atoms with Crippen LogP contribution in [-0.4, -0.2) is 90.8 Å². The zero-order chi connectivity index (χ0) is 14.5. The zero-order valence-electron chi connectivity index (χ0n) is 12.0. The Morgan fingerprint density at radius 3 is 2.75 bits per heavy atom. The maximum absolute atomic E-state index is 12.4. The minimum Gasteiger partial charge on any atom is -0.480 e. The van der Waals surface area contributed by atoms with Crippen molar-refractivity contribution in [1.82, 2.24) is 14.7 Å². The molecule has 0 bridgehead atoms. The van der Waals surface area contributed by atoms with Gasteiger partial charge in [0.25, 0.3) is 0 Å². The second-order valence-electron chi connectivity index (χ2n) is 5.42. The lowest BCUT2D eigenvalue weighted by Gasteiger charge is -2.30. The van der Waals surface area contributed by atoms with E-state index < -0.39 is 5.97 Å². The largest absolute Gasteiger partial charge is 0.480 e. The molecule has 2 amide bonds. The number of carboxylic acids is 1. The number of hydrogen-bond acceptors (Lipinski definition) is 4. The van der Waals surface area contributed by atoms with Gasteiger partial charge >= 0.3 is 12.0 Å². The third kappa shape index (κ3) is 3.83. The first-order valence-electron chi connectivity index (χ1n) is 7.11. The van der Waals surface area contributed by atoms with Crippen LogP contribution in [0.25, 0.3) is 0 Å². The Balaban J connectivity index is 1.85. The number of aliphatic carboxylic acids is 1. The molecule has 0 radical (unpaired) electrons. The molecule has 2 aliphatic heterocycles. The molecule has 0 aliphatic carbocycles. The minimum absolute atomic E-state index is 0.0256. The van der Waals surface area contributed by atoms with E-state index in [1.54, 1.807) is 4.90 Å². The number of ether oxygens (including phenoxy) is 1. The predicted molar refractivity (Wildman–Crippen MR) is 72.6 cm³/mol. The Morgan fingerprint density at radius 2 is 2.10 bits per heavy atom. The van der Waals surface area contributed by atoms with E-state index in [-0.39, 0.29) is 18.6 Å². The fourth-order valence-corrected chi connectivity index (χ4v) is 2.72. The highest BCUT2D eigenvalue weighted by molar-refractivity contribution is 5.74. The van der Waals surface area contributed by atoms with Gasteiger partial charge in [-0.1, -0.05) is 0 Å². The van der Waals surface area contributed by atoms with Crippen molar-refractivity contribution in [1.29, 1.82) is 0 Å². The van der Waals surface area contributed by atoms with Gasteiger partial charge in [-0.05, 0) is 12.8 Å². The second-order valence-corrected chi connectivity index (χ2v) is 5.42. The molecule has 7 heteroatoms. The Labute approximate surface area is 119 Å². The van der Waals surface area contributed by atoms with Crippen LogP contribution in [0.1, 0.15) is 12.8 Å². The molecule has 0 aromatic rings. The van der Waals surface area contributed by atoms with E-state index in [4.69, 9.17) is 9.84 Å². The lowest BCUT2D eigenvalue weighted by molar-refractivity contribution is -0.138. The Bertz CT molecular complexity index is 358. The van der Waals surface area contributed by atoms with Crippen molar-refractivity contribution in [3.63, 3.8) is 0 Å². The number of carbonyl (C=O) groups is 2. The minimum atomic E-state index is -0.815. The maximum Gasteiger partial charge on any atom is 0.320 e. The van der Waals surface area contributed by atoms with Gasteiger partial charge in [0, 0.05) is 39.8 Å². The molecule has 0 saturated carbocycles. The summed E-state index contributed by atoms with van der Waals surface area (Å²) in [6, 6.07) is 0.193. The van der Waals surface area contributed by atoms with Crippen LogP contribution in [0, 0.1) is 0 Å². The van der Waals surface area contributed by atoms with Crippen LogP contribution in [-0.2, 0) is 9.53 Å². The molecule has 0 aromatic heterocycles. The van der Waals surface area contributed by atoms with Gasteiger partial charge in [0.05, 0.1) is 19.2 Å². The van der Waals surface area contributed by atoms with Gasteiger partial charge in [0.1, 0.15) is 0 Å². The van der Waals surface area contributed by atoms with E-state index in [1.807, 2.05) is 16.8 Å². The van der Waals surface area contributed by atoms with E-state index in [0.29, 0.717) is 32.8 Å². The lowest BCUT2D eigenvalue weighted by atomic mass is 10.2. The molecule has 2 rings (SSSR count). The molecular weight excluding hydrogens is 262 g/mol. The molecule has 1 unspecified atom stereocenters. The number of urea groups is 1. The molecule has 114 valence electrons. The third-order valence-electron chi connectivity index (χ3n) is 3.97. The summed E-state index contributed by atoms with van der Waals surface area (Å²) in [6.45, 7) is 4.00. The highest BCUT2D eigenvalue weighted by Crippen LogP contribution is 2.14. The lowest BCUT2D eigenvalue weighted by Crippen LogP contribution is -2.47. The Kier molecular flexibility index (Phi) is 5.19. The van der Waals surface area contributed by atoms with Crippen molar-refractivity contribution in [3.05, 3.63) is 0 Å². The van der Waals surface area contributed by atoms with Crippen LogP contribution >= 0.6 is 0 Å². The number of nitrogens with zero attached hydrogens (tertiary/aromatic N) is 3. The van der Waals surface area contributed by atoms with E-state index in [2.05, 4.69) is 0 Å². The first kappa shape index (κ1) is 15.1. The molecule has 1 N–H and O–H groups in total. The number of carboxylic acid groups (broad SMARTS) is 1. The molecule has 0 spiro atoms. The molecule has 2 heterocycles. The first-order valence-corrected chi connectivity index (χ1v) is 7.11. The molecule has 7 nitrogen and oxygen atoms in total. The monoisotopic (exact) mass is 285 g/mol. The van der Waals surface area contributed by atoms with Crippen LogP contribution in [0.15, 0.2) is 0 Å². The van der Waals surface area contributed by atoms with Gasteiger partial charge in [-0.3, -0.25) is 9.69 Å². The summed E-state index contributed by atoms with van der Waals surface area (Å²) >= 11 is 0. The number of carbonyl (C=O) groups excluding carboxylic acids is 1. The molecule has 2 saturated heterocycles. The highest BCUT2D eigenvalue weighted by Gasteiger charge is 2.28. The summed E-state index contributed by atoms with van der Waals surface area (Å²) < 4.78 is 5.32. The fraction of sp³-hybridized carbons (Fsp3) is 0.846. The van der Waals surface area contributed by atoms with Crippen LogP contribution in [0.2, 0.25) is 0 Å². The van der Waals surface area contributed by atoms with Crippen molar-refractivity contribution in [3.8, 4) is 0 Å². The predicted octanol–water partition coefficient (Wildman–Crippen LogP) is -0.0806. The standard InChI is InChI=1S/C13H23N3O4/c1-14(11-3-8-20-10-11)13(19)16-5-2-4-15(6-7-16)9-12(17)18/h11H,2-10H2,1H3,(H,17,18). The topological polar surface area (TPSA) is 73.3 Å². The van der Waals surface area contributed by atoms with Crippen molar-refractivity contribution in [2.24, 2.45) is 0 Å². The summed E-state index contributed by atoms with van der Waals surface area (Å²) in [5.74, 6) is -0.815.